The smallest absolute Gasteiger partial charge is 0.229 e. The van der Waals surface area contributed by atoms with Gasteiger partial charge in [-0.05, 0) is 44.2 Å². The molecular formula is C20H27ClN6O. The van der Waals surface area contributed by atoms with Crippen LogP contribution in [0.4, 0.5) is 23.1 Å². The molecule has 2 fully saturated rings. The highest BCUT2D eigenvalue weighted by Crippen LogP contribution is 2.24. The SMILES string of the molecule is CN1CCN(c2ccc(Nc3ncc(Cl)c(NCC4CCCO4)n3)cc2)CC1. The van der Waals surface area contributed by atoms with E-state index in [2.05, 4.69) is 61.7 Å². The highest BCUT2D eigenvalue weighted by atomic mass is 35.5. The van der Waals surface area contributed by atoms with E-state index in [9.17, 15) is 0 Å². The molecule has 4 rings (SSSR count). The molecule has 0 saturated carbocycles. The van der Waals surface area contributed by atoms with Crippen molar-refractivity contribution in [1.82, 2.24) is 14.9 Å². The zero-order valence-corrected chi connectivity index (χ0v) is 17.0. The van der Waals surface area contributed by atoms with Crippen molar-refractivity contribution in [3.05, 3.63) is 35.5 Å². The van der Waals surface area contributed by atoms with Crippen molar-refractivity contribution in [2.24, 2.45) is 0 Å². The van der Waals surface area contributed by atoms with Gasteiger partial charge in [-0.3, -0.25) is 0 Å². The summed E-state index contributed by atoms with van der Waals surface area (Å²) < 4.78 is 5.64. The van der Waals surface area contributed by atoms with E-state index in [0.717, 1.165) is 51.3 Å². The van der Waals surface area contributed by atoms with Crippen LogP contribution in [-0.4, -0.2) is 67.4 Å². The van der Waals surface area contributed by atoms with E-state index in [-0.39, 0.29) is 6.10 Å². The monoisotopic (exact) mass is 402 g/mol. The molecule has 28 heavy (non-hydrogen) atoms. The van der Waals surface area contributed by atoms with Gasteiger partial charge in [0.1, 0.15) is 5.02 Å². The van der Waals surface area contributed by atoms with Gasteiger partial charge in [0.05, 0.1) is 12.3 Å². The average molecular weight is 403 g/mol. The van der Waals surface area contributed by atoms with Crippen LogP contribution < -0.4 is 15.5 Å². The Balaban J connectivity index is 1.37. The lowest BCUT2D eigenvalue weighted by Crippen LogP contribution is -2.44. The fourth-order valence-electron chi connectivity index (χ4n) is 3.52. The lowest BCUT2D eigenvalue weighted by Gasteiger charge is -2.34. The summed E-state index contributed by atoms with van der Waals surface area (Å²) in [5, 5.41) is 7.04. The van der Waals surface area contributed by atoms with Gasteiger partial charge >= 0.3 is 0 Å². The number of hydrogen-bond donors (Lipinski definition) is 2. The number of aromatic nitrogens is 2. The molecule has 2 aromatic rings. The summed E-state index contributed by atoms with van der Waals surface area (Å²) in [6.45, 7) is 5.85. The maximum absolute atomic E-state index is 6.24. The van der Waals surface area contributed by atoms with Crippen molar-refractivity contribution in [3.63, 3.8) is 0 Å². The Morgan fingerprint density at radius 1 is 1.18 bits per heavy atom. The van der Waals surface area contributed by atoms with E-state index >= 15 is 0 Å². The predicted octanol–water partition coefficient (Wildman–Crippen LogP) is 3.22. The second-order valence-corrected chi connectivity index (χ2v) is 7.78. The Kier molecular flexibility index (Phi) is 6.14. The summed E-state index contributed by atoms with van der Waals surface area (Å²) in [6, 6.07) is 8.40. The van der Waals surface area contributed by atoms with Crippen LogP contribution in [0.2, 0.25) is 5.02 Å². The van der Waals surface area contributed by atoms with Gasteiger partial charge in [0.25, 0.3) is 0 Å². The first kappa shape index (κ1) is 19.2. The maximum Gasteiger partial charge on any atom is 0.229 e. The van der Waals surface area contributed by atoms with E-state index in [1.807, 2.05) is 0 Å². The summed E-state index contributed by atoms with van der Waals surface area (Å²) in [6.07, 6.45) is 4.03. The fraction of sp³-hybridized carbons (Fsp3) is 0.500. The summed E-state index contributed by atoms with van der Waals surface area (Å²) in [4.78, 5) is 13.6. The highest BCUT2D eigenvalue weighted by Gasteiger charge is 2.16. The average Bonchev–Trinajstić information content (AvgIpc) is 3.23. The second-order valence-electron chi connectivity index (χ2n) is 7.37. The molecular weight excluding hydrogens is 376 g/mol. The van der Waals surface area contributed by atoms with Gasteiger partial charge in [-0.2, -0.15) is 4.98 Å². The van der Waals surface area contributed by atoms with Gasteiger partial charge in [-0.1, -0.05) is 11.6 Å². The van der Waals surface area contributed by atoms with Gasteiger partial charge in [-0.25, -0.2) is 4.98 Å². The summed E-state index contributed by atoms with van der Waals surface area (Å²) in [5.41, 5.74) is 2.19. The van der Waals surface area contributed by atoms with Gasteiger partial charge < -0.3 is 25.2 Å². The molecule has 0 bridgehead atoms. The van der Waals surface area contributed by atoms with Crippen molar-refractivity contribution in [2.45, 2.75) is 18.9 Å². The van der Waals surface area contributed by atoms with E-state index in [1.165, 1.54) is 5.69 Å². The zero-order valence-electron chi connectivity index (χ0n) is 16.2. The van der Waals surface area contributed by atoms with Crippen LogP contribution in [0.25, 0.3) is 0 Å². The molecule has 8 heteroatoms. The standard InChI is InChI=1S/C20H27ClN6O/c1-26-8-10-27(11-9-26)16-6-4-15(5-7-16)24-20-23-14-18(21)19(25-20)22-13-17-3-2-12-28-17/h4-7,14,17H,2-3,8-13H2,1H3,(H2,22,23,24,25). The van der Waals surface area contributed by atoms with Crippen LogP contribution in [-0.2, 0) is 4.74 Å². The molecule has 1 atom stereocenters. The molecule has 2 aliphatic rings. The van der Waals surface area contributed by atoms with Crippen LogP contribution in [0, 0.1) is 0 Å². The van der Waals surface area contributed by atoms with Crippen molar-refractivity contribution < 1.29 is 4.74 Å². The van der Waals surface area contributed by atoms with Crippen molar-refractivity contribution >= 4 is 34.7 Å². The Labute approximate surface area is 171 Å². The van der Waals surface area contributed by atoms with Gasteiger partial charge in [0, 0.05) is 50.7 Å². The number of piperazine rings is 1. The molecule has 1 aromatic carbocycles. The Hall–Kier alpha value is -2.09. The summed E-state index contributed by atoms with van der Waals surface area (Å²) in [7, 11) is 2.17. The third-order valence-electron chi connectivity index (χ3n) is 5.26. The van der Waals surface area contributed by atoms with Crippen LogP contribution in [0.15, 0.2) is 30.5 Å². The number of likely N-dealkylation sites (N-methyl/N-ethyl adjacent to an activating group) is 1. The summed E-state index contributed by atoms with van der Waals surface area (Å²) >= 11 is 6.24. The Bertz CT molecular complexity index is 773. The molecule has 150 valence electrons. The first-order valence-corrected chi connectivity index (χ1v) is 10.2. The lowest BCUT2D eigenvalue weighted by molar-refractivity contribution is 0.120. The van der Waals surface area contributed by atoms with Crippen LogP contribution in [0.5, 0.6) is 0 Å². The number of benzene rings is 1. The fourth-order valence-corrected chi connectivity index (χ4v) is 3.67. The molecule has 7 nitrogen and oxygen atoms in total. The predicted molar refractivity (Wildman–Crippen MR) is 114 cm³/mol. The number of rotatable bonds is 6. The minimum absolute atomic E-state index is 0.226. The van der Waals surface area contributed by atoms with Crippen LogP contribution in [0.3, 0.4) is 0 Å². The van der Waals surface area contributed by atoms with Gasteiger partial charge in [0.2, 0.25) is 5.95 Å². The number of anilines is 4. The number of halogens is 1. The molecule has 1 unspecified atom stereocenters. The van der Waals surface area contributed by atoms with Crippen LogP contribution in [0.1, 0.15) is 12.8 Å². The van der Waals surface area contributed by atoms with E-state index in [4.69, 9.17) is 16.3 Å². The number of nitrogens with zero attached hydrogens (tertiary/aromatic N) is 4. The summed E-state index contributed by atoms with van der Waals surface area (Å²) in [5.74, 6) is 1.15. The lowest BCUT2D eigenvalue weighted by atomic mass is 10.2. The minimum Gasteiger partial charge on any atom is -0.376 e. The molecule has 1 aromatic heterocycles. The minimum atomic E-state index is 0.226. The number of hydrogen-bond acceptors (Lipinski definition) is 7. The molecule has 2 aliphatic heterocycles. The Morgan fingerprint density at radius 3 is 2.68 bits per heavy atom. The van der Waals surface area contributed by atoms with E-state index < -0.39 is 0 Å². The molecule has 0 radical (unpaired) electrons. The number of ether oxygens (including phenoxy) is 1. The van der Waals surface area contributed by atoms with E-state index in [1.54, 1.807) is 6.20 Å². The van der Waals surface area contributed by atoms with Crippen LogP contribution >= 0.6 is 11.6 Å². The van der Waals surface area contributed by atoms with Gasteiger partial charge in [0.15, 0.2) is 5.82 Å². The highest BCUT2D eigenvalue weighted by molar-refractivity contribution is 6.32. The third-order valence-corrected chi connectivity index (χ3v) is 5.53. The second kappa shape index (κ2) is 8.94. The molecule has 2 saturated heterocycles. The molecule has 3 heterocycles. The first-order chi connectivity index (χ1) is 13.7. The maximum atomic E-state index is 6.24. The quantitative estimate of drug-likeness (QED) is 0.769. The topological polar surface area (TPSA) is 65.5 Å². The third kappa shape index (κ3) is 4.84. The zero-order chi connectivity index (χ0) is 19.3. The molecule has 0 amide bonds. The van der Waals surface area contributed by atoms with Crippen molar-refractivity contribution in [1.29, 1.82) is 0 Å². The number of nitrogens with one attached hydrogen (secondary N) is 2. The Morgan fingerprint density at radius 2 is 1.96 bits per heavy atom. The van der Waals surface area contributed by atoms with Gasteiger partial charge in [-0.15, -0.1) is 0 Å². The molecule has 0 spiro atoms. The normalized spacial score (nSPS) is 20.4. The first-order valence-electron chi connectivity index (χ1n) is 9.86. The van der Waals surface area contributed by atoms with E-state index in [0.29, 0.717) is 23.3 Å². The molecule has 0 aliphatic carbocycles. The largest absolute Gasteiger partial charge is 0.376 e. The molecule has 2 N–H and O–H groups in total. The van der Waals surface area contributed by atoms with Crippen molar-refractivity contribution in [2.75, 3.05) is 61.9 Å². The van der Waals surface area contributed by atoms with Crippen molar-refractivity contribution in [3.8, 4) is 0 Å².